The Labute approximate surface area is 101 Å². The number of carbonyl (C=O) groups is 1. The summed E-state index contributed by atoms with van der Waals surface area (Å²) in [7, 11) is 0. The van der Waals surface area contributed by atoms with Crippen molar-refractivity contribution in [2.24, 2.45) is 0 Å². The van der Waals surface area contributed by atoms with E-state index in [1.807, 2.05) is 13.0 Å². The molecule has 1 aromatic carbocycles. The molecule has 0 aromatic heterocycles. The quantitative estimate of drug-likeness (QED) is 0.793. The van der Waals surface area contributed by atoms with Crippen LogP contribution in [0.1, 0.15) is 5.56 Å². The highest BCUT2D eigenvalue weighted by Crippen LogP contribution is 2.33. The molecule has 0 unspecified atom stereocenters. The zero-order valence-electron chi connectivity index (χ0n) is 8.09. The predicted molar refractivity (Wildman–Crippen MR) is 62.6 cm³/mol. The van der Waals surface area contributed by atoms with Crippen LogP contribution in [-0.4, -0.2) is 19.2 Å². The van der Waals surface area contributed by atoms with Crippen molar-refractivity contribution in [1.82, 2.24) is 0 Å². The number of rotatable bonds is 1. The summed E-state index contributed by atoms with van der Waals surface area (Å²) in [6.07, 6.45) is -0.324. The molecule has 1 aliphatic rings. The van der Waals surface area contributed by atoms with Gasteiger partial charge < -0.3 is 4.74 Å². The summed E-state index contributed by atoms with van der Waals surface area (Å²) in [4.78, 5) is 12.9. The van der Waals surface area contributed by atoms with E-state index in [-0.39, 0.29) is 6.09 Å². The fraction of sp³-hybridized carbons (Fsp3) is 0.300. The maximum Gasteiger partial charge on any atom is 0.414 e. The number of amides is 1. The highest BCUT2D eigenvalue weighted by Gasteiger charge is 2.25. The molecule has 1 saturated heterocycles. The first-order valence-corrected chi connectivity index (χ1v) is 5.66. The molecule has 1 amide bonds. The van der Waals surface area contributed by atoms with Gasteiger partial charge in [-0.05, 0) is 40.5 Å². The summed E-state index contributed by atoms with van der Waals surface area (Å²) in [5.74, 6) is 0. The van der Waals surface area contributed by atoms with Crippen LogP contribution in [0.15, 0.2) is 16.6 Å². The van der Waals surface area contributed by atoms with Crippen LogP contribution in [0.25, 0.3) is 0 Å². The monoisotopic (exact) mass is 289 g/mol. The third-order valence-corrected chi connectivity index (χ3v) is 3.32. The molecule has 0 aliphatic carbocycles. The molecule has 0 bridgehead atoms. The van der Waals surface area contributed by atoms with E-state index in [1.54, 1.807) is 11.0 Å². The molecule has 0 saturated carbocycles. The second-order valence-electron chi connectivity index (χ2n) is 3.32. The van der Waals surface area contributed by atoms with Crippen LogP contribution >= 0.6 is 27.5 Å². The molecule has 2 rings (SSSR count). The number of hydrogen-bond acceptors (Lipinski definition) is 2. The largest absolute Gasteiger partial charge is 0.447 e. The van der Waals surface area contributed by atoms with Crippen LogP contribution in [0, 0.1) is 6.92 Å². The van der Waals surface area contributed by atoms with E-state index < -0.39 is 0 Å². The van der Waals surface area contributed by atoms with Crippen molar-refractivity contribution in [3.63, 3.8) is 0 Å². The van der Waals surface area contributed by atoms with Crippen molar-refractivity contribution in [3.05, 3.63) is 27.2 Å². The number of hydrogen-bond donors (Lipinski definition) is 0. The molecule has 0 spiro atoms. The Hall–Kier alpha value is -0.740. The van der Waals surface area contributed by atoms with Gasteiger partial charge in [0.05, 0.1) is 12.2 Å². The summed E-state index contributed by atoms with van der Waals surface area (Å²) in [5, 5.41) is 0.646. The molecule has 15 heavy (non-hydrogen) atoms. The van der Waals surface area contributed by atoms with Gasteiger partial charge in [-0.2, -0.15) is 0 Å². The van der Waals surface area contributed by atoms with E-state index in [1.165, 1.54) is 0 Å². The van der Waals surface area contributed by atoms with E-state index in [4.69, 9.17) is 16.3 Å². The van der Waals surface area contributed by atoms with Crippen LogP contribution in [0.5, 0.6) is 0 Å². The highest BCUT2D eigenvalue weighted by molar-refractivity contribution is 9.10. The lowest BCUT2D eigenvalue weighted by Gasteiger charge is -2.15. The fourth-order valence-electron chi connectivity index (χ4n) is 1.45. The van der Waals surface area contributed by atoms with Crippen LogP contribution in [0.3, 0.4) is 0 Å². The Kier molecular flexibility index (Phi) is 2.89. The van der Waals surface area contributed by atoms with E-state index in [0.717, 1.165) is 15.7 Å². The smallest absolute Gasteiger partial charge is 0.414 e. The standard InChI is InChI=1S/C10H9BrClNO2/c1-6-4-7(11)9(5-8(6)12)13-2-3-15-10(13)14/h4-5H,2-3H2,1H3. The van der Waals surface area contributed by atoms with Gasteiger partial charge in [0.1, 0.15) is 6.61 Å². The second kappa shape index (κ2) is 4.02. The van der Waals surface area contributed by atoms with Crippen LogP contribution < -0.4 is 4.90 Å². The lowest BCUT2D eigenvalue weighted by molar-refractivity contribution is 0.181. The van der Waals surface area contributed by atoms with Gasteiger partial charge in [0.15, 0.2) is 0 Å². The molecule has 1 aromatic rings. The van der Waals surface area contributed by atoms with Gasteiger partial charge in [0, 0.05) is 9.50 Å². The van der Waals surface area contributed by atoms with Crippen molar-refractivity contribution in [3.8, 4) is 0 Å². The Bertz CT molecular complexity index is 422. The normalized spacial score (nSPS) is 15.7. The first kappa shape index (κ1) is 10.8. The van der Waals surface area contributed by atoms with Gasteiger partial charge in [0.25, 0.3) is 0 Å². The molecule has 3 nitrogen and oxygen atoms in total. The molecule has 0 N–H and O–H groups in total. The van der Waals surface area contributed by atoms with Crippen molar-refractivity contribution in [1.29, 1.82) is 0 Å². The van der Waals surface area contributed by atoms with Crippen LogP contribution in [0.4, 0.5) is 10.5 Å². The number of nitrogens with zero attached hydrogens (tertiary/aromatic N) is 1. The number of carbonyl (C=O) groups excluding carboxylic acids is 1. The van der Waals surface area contributed by atoms with Crippen molar-refractivity contribution in [2.75, 3.05) is 18.1 Å². The molecule has 0 atom stereocenters. The van der Waals surface area contributed by atoms with Gasteiger partial charge in [0.2, 0.25) is 0 Å². The van der Waals surface area contributed by atoms with Gasteiger partial charge in [-0.1, -0.05) is 11.6 Å². The second-order valence-corrected chi connectivity index (χ2v) is 4.58. The molecular formula is C10H9BrClNO2. The summed E-state index contributed by atoms with van der Waals surface area (Å²) in [6, 6.07) is 3.66. The molecule has 5 heteroatoms. The van der Waals surface area contributed by atoms with Gasteiger partial charge in [-0.3, -0.25) is 4.90 Å². The van der Waals surface area contributed by atoms with Gasteiger partial charge in [-0.25, -0.2) is 4.79 Å². The molecule has 1 fully saturated rings. The summed E-state index contributed by atoms with van der Waals surface area (Å²) in [5.41, 5.74) is 1.73. The Balaban J connectivity index is 2.43. The minimum Gasteiger partial charge on any atom is -0.447 e. The maximum absolute atomic E-state index is 11.4. The first-order chi connectivity index (χ1) is 7.09. The van der Waals surface area contributed by atoms with Crippen LogP contribution in [0.2, 0.25) is 5.02 Å². The Morgan fingerprint density at radius 2 is 2.27 bits per heavy atom. The molecule has 0 radical (unpaired) electrons. The van der Waals surface area contributed by atoms with Gasteiger partial charge in [-0.15, -0.1) is 0 Å². The first-order valence-electron chi connectivity index (χ1n) is 4.49. The van der Waals surface area contributed by atoms with E-state index in [2.05, 4.69) is 15.9 Å². The number of ether oxygens (including phenoxy) is 1. The zero-order chi connectivity index (χ0) is 11.0. The number of cyclic esters (lactones) is 1. The van der Waals surface area contributed by atoms with Gasteiger partial charge >= 0.3 is 6.09 Å². The third kappa shape index (κ3) is 1.96. The predicted octanol–water partition coefficient (Wildman–Crippen LogP) is 3.37. The lowest BCUT2D eigenvalue weighted by atomic mass is 10.2. The minimum atomic E-state index is -0.324. The molecule has 80 valence electrons. The molecular weight excluding hydrogens is 281 g/mol. The molecule has 1 aliphatic heterocycles. The van der Waals surface area contributed by atoms with Crippen molar-refractivity contribution >= 4 is 39.3 Å². The van der Waals surface area contributed by atoms with E-state index in [0.29, 0.717) is 18.2 Å². The SMILES string of the molecule is Cc1cc(Br)c(N2CCOC2=O)cc1Cl. The third-order valence-electron chi connectivity index (χ3n) is 2.28. The van der Waals surface area contributed by atoms with Crippen LogP contribution in [-0.2, 0) is 4.74 Å². The minimum absolute atomic E-state index is 0.324. The average molecular weight is 291 g/mol. The van der Waals surface area contributed by atoms with E-state index in [9.17, 15) is 4.79 Å². The summed E-state index contributed by atoms with van der Waals surface area (Å²) in [6.45, 7) is 2.91. The average Bonchev–Trinajstić information content (AvgIpc) is 2.58. The lowest BCUT2D eigenvalue weighted by Crippen LogP contribution is -2.23. The van der Waals surface area contributed by atoms with Crippen molar-refractivity contribution in [2.45, 2.75) is 6.92 Å². The van der Waals surface area contributed by atoms with E-state index >= 15 is 0 Å². The Morgan fingerprint density at radius 1 is 1.53 bits per heavy atom. The number of anilines is 1. The Morgan fingerprint density at radius 3 is 2.87 bits per heavy atom. The summed E-state index contributed by atoms with van der Waals surface area (Å²) >= 11 is 9.42. The summed E-state index contributed by atoms with van der Waals surface area (Å²) < 4.78 is 5.72. The zero-order valence-corrected chi connectivity index (χ0v) is 10.4. The van der Waals surface area contributed by atoms with Crippen molar-refractivity contribution < 1.29 is 9.53 Å². The maximum atomic E-state index is 11.4. The number of halogens is 2. The number of benzene rings is 1. The molecule has 1 heterocycles. The topological polar surface area (TPSA) is 29.5 Å². The highest BCUT2D eigenvalue weighted by atomic mass is 79.9. The number of aryl methyl sites for hydroxylation is 1. The fourth-order valence-corrected chi connectivity index (χ4v) is 2.28.